The molecule has 0 aliphatic carbocycles. The summed E-state index contributed by atoms with van der Waals surface area (Å²) in [6, 6.07) is 10.4. The lowest BCUT2D eigenvalue weighted by Crippen LogP contribution is -2.17. The van der Waals surface area contributed by atoms with Crippen LogP contribution in [0.4, 0.5) is 10.8 Å². The monoisotopic (exact) mass is 399 g/mol. The Bertz CT molecular complexity index is 1010. The van der Waals surface area contributed by atoms with Gasteiger partial charge in [0.2, 0.25) is 5.91 Å². The Balaban J connectivity index is 1.80. The maximum atomic E-state index is 12.6. The minimum Gasteiger partial charge on any atom is -0.497 e. The van der Waals surface area contributed by atoms with Crippen LogP contribution >= 0.6 is 11.3 Å². The number of hydrogen-bond acceptors (Lipinski definition) is 6. The number of fused-ring (bicyclic) bond motifs is 1. The zero-order valence-electron chi connectivity index (χ0n) is 16.0. The molecule has 0 atom stereocenters. The van der Waals surface area contributed by atoms with Gasteiger partial charge >= 0.3 is 0 Å². The standard InChI is InChI=1S/C20H21N3O4S/c1-11(2)18(24)23-20-22-16-9-13(5-6-17(16)28-20)21-19(25)12-7-14(26-3)10-15(8-12)27-4/h5-11H,1-4H3,(H,21,25)(H,22,23,24). The summed E-state index contributed by atoms with van der Waals surface area (Å²) in [6.45, 7) is 3.65. The van der Waals surface area contributed by atoms with Crippen LogP contribution in [0.2, 0.25) is 0 Å². The fourth-order valence-electron chi connectivity index (χ4n) is 2.45. The molecule has 0 spiro atoms. The van der Waals surface area contributed by atoms with Crippen molar-refractivity contribution in [3.8, 4) is 11.5 Å². The van der Waals surface area contributed by atoms with Crippen molar-refractivity contribution in [2.75, 3.05) is 24.9 Å². The van der Waals surface area contributed by atoms with Crippen LogP contribution in [0.3, 0.4) is 0 Å². The average molecular weight is 399 g/mol. The third kappa shape index (κ3) is 4.40. The number of hydrogen-bond donors (Lipinski definition) is 2. The van der Waals surface area contributed by atoms with Gasteiger partial charge in [0.1, 0.15) is 11.5 Å². The zero-order valence-corrected chi connectivity index (χ0v) is 16.8. The summed E-state index contributed by atoms with van der Waals surface area (Å²) >= 11 is 1.39. The molecule has 0 saturated heterocycles. The zero-order chi connectivity index (χ0) is 20.3. The van der Waals surface area contributed by atoms with E-state index in [0.29, 0.717) is 33.4 Å². The van der Waals surface area contributed by atoms with Gasteiger partial charge in [-0.05, 0) is 30.3 Å². The number of ether oxygens (including phenoxy) is 2. The highest BCUT2D eigenvalue weighted by atomic mass is 32.1. The number of methoxy groups -OCH3 is 2. The van der Waals surface area contributed by atoms with E-state index < -0.39 is 0 Å². The molecule has 1 aromatic heterocycles. The summed E-state index contributed by atoms with van der Waals surface area (Å²) in [5.41, 5.74) is 1.72. The van der Waals surface area contributed by atoms with Crippen LogP contribution in [0, 0.1) is 5.92 Å². The molecule has 7 nitrogen and oxygen atoms in total. The Morgan fingerprint density at radius 3 is 2.29 bits per heavy atom. The number of anilines is 2. The van der Waals surface area contributed by atoms with Crippen molar-refractivity contribution in [1.82, 2.24) is 4.98 Å². The van der Waals surface area contributed by atoms with Crippen molar-refractivity contribution in [2.24, 2.45) is 5.92 Å². The van der Waals surface area contributed by atoms with Gasteiger partial charge in [-0.25, -0.2) is 4.98 Å². The van der Waals surface area contributed by atoms with Gasteiger partial charge in [0.15, 0.2) is 5.13 Å². The van der Waals surface area contributed by atoms with Crippen molar-refractivity contribution in [3.63, 3.8) is 0 Å². The smallest absolute Gasteiger partial charge is 0.255 e. The Morgan fingerprint density at radius 1 is 1.00 bits per heavy atom. The maximum Gasteiger partial charge on any atom is 0.255 e. The fraction of sp³-hybridized carbons (Fsp3) is 0.250. The fourth-order valence-corrected chi connectivity index (χ4v) is 3.30. The lowest BCUT2D eigenvalue weighted by Gasteiger charge is -2.09. The highest BCUT2D eigenvalue weighted by molar-refractivity contribution is 7.22. The predicted molar refractivity (Wildman–Crippen MR) is 111 cm³/mol. The lowest BCUT2D eigenvalue weighted by molar-refractivity contribution is -0.118. The summed E-state index contributed by atoms with van der Waals surface area (Å²) in [5, 5.41) is 6.18. The molecular formula is C20H21N3O4S. The van der Waals surface area contributed by atoms with Crippen LogP contribution in [0.25, 0.3) is 10.2 Å². The van der Waals surface area contributed by atoms with E-state index >= 15 is 0 Å². The summed E-state index contributed by atoms with van der Waals surface area (Å²) in [4.78, 5) is 28.9. The maximum absolute atomic E-state index is 12.6. The Kier molecular flexibility index (Phi) is 5.79. The highest BCUT2D eigenvalue weighted by Crippen LogP contribution is 2.29. The summed E-state index contributed by atoms with van der Waals surface area (Å²) in [5.74, 6) is 0.566. The Morgan fingerprint density at radius 2 is 1.68 bits per heavy atom. The summed E-state index contributed by atoms with van der Waals surface area (Å²) in [6.07, 6.45) is 0. The number of rotatable bonds is 6. The molecule has 28 heavy (non-hydrogen) atoms. The molecular weight excluding hydrogens is 378 g/mol. The lowest BCUT2D eigenvalue weighted by atomic mass is 10.1. The van der Waals surface area contributed by atoms with Crippen LogP contribution in [0.5, 0.6) is 11.5 Å². The van der Waals surface area contributed by atoms with Crippen molar-refractivity contribution in [1.29, 1.82) is 0 Å². The molecule has 8 heteroatoms. The average Bonchev–Trinajstić information content (AvgIpc) is 3.08. The van der Waals surface area contributed by atoms with Gasteiger partial charge < -0.3 is 20.1 Å². The minimum absolute atomic E-state index is 0.0837. The number of nitrogens with zero attached hydrogens (tertiary/aromatic N) is 1. The molecule has 0 unspecified atom stereocenters. The van der Waals surface area contributed by atoms with Gasteiger partial charge in [-0.1, -0.05) is 25.2 Å². The summed E-state index contributed by atoms with van der Waals surface area (Å²) in [7, 11) is 3.06. The molecule has 0 radical (unpaired) electrons. The molecule has 0 aliphatic rings. The van der Waals surface area contributed by atoms with Crippen molar-refractivity contribution in [2.45, 2.75) is 13.8 Å². The number of carbonyl (C=O) groups excluding carboxylic acids is 2. The SMILES string of the molecule is COc1cc(OC)cc(C(=O)Nc2ccc3sc(NC(=O)C(C)C)nc3c2)c1. The van der Waals surface area contributed by atoms with Gasteiger partial charge in [-0.3, -0.25) is 9.59 Å². The van der Waals surface area contributed by atoms with Gasteiger partial charge in [-0.15, -0.1) is 0 Å². The van der Waals surface area contributed by atoms with Crippen LogP contribution in [0.15, 0.2) is 36.4 Å². The van der Waals surface area contributed by atoms with E-state index in [1.165, 1.54) is 25.6 Å². The Hall–Kier alpha value is -3.13. The van der Waals surface area contributed by atoms with E-state index in [1.807, 2.05) is 19.9 Å². The summed E-state index contributed by atoms with van der Waals surface area (Å²) < 4.78 is 11.3. The van der Waals surface area contributed by atoms with Crippen molar-refractivity contribution < 1.29 is 19.1 Å². The van der Waals surface area contributed by atoms with E-state index in [0.717, 1.165) is 4.70 Å². The normalized spacial score (nSPS) is 10.8. The van der Waals surface area contributed by atoms with Crippen LogP contribution in [0.1, 0.15) is 24.2 Å². The molecule has 0 saturated carbocycles. The number of amides is 2. The second-order valence-corrected chi connectivity index (χ2v) is 7.43. The van der Waals surface area contributed by atoms with E-state index in [1.54, 1.807) is 30.3 Å². The molecule has 2 aromatic carbocycles. The number of benzene rings is 2. The van der Waals surface area contributed by atoms with E-state index in [-0.39, 0.29) is 17.7 Å². The number of thiazole rings is 1. The first-order valence-corrected chi connectivity index (χ1v) is 9.47. The number of nitrogens with one attached hydrogen (secondary N) is 2. The molecule has 3 aromatic rings. The first kappa shape index (κ1) is 19.6. The molecule has 3 rings (SSSR count). The van der Waals surface area contributed by atoms with E-state index in [2.05, 4.69) is 15.6 Å². The van der Waals surface area contributed by atoms with Crippen LogP contribution in [-0.4, -0.2) is 31.0 Å². The van der Waals surface area contributed by atoms with Gasteiger partial charge in [0, 0.05) is 23.2 Å². The van der Waals surface area contributed by atoms with Gasteiger partial charge in [-0.2, -0.15) is 0 Å². The first-order chi connectivity index (χ1) is 13.4. The molecule has 2 N–H and O–H groups in total. The minimum atomic E-state index is -0.292. The number of carbonyl (C=O) groups is 2. The topological polar surface area (TPSA) is 89.5 Å². The molecule has 2 amide bonds. The van der Waals surface area contributed by atoms with Gasteiger partial charge in [0.05, 0.1) is 24.4 Å². The van der Waals surface area contributed by atoms with Crippen molar-refractivity contribution >= 4 is 44.2 Å². The molecule has 146 valence electrons. The predicted octanol–water partition coefficient (Wildman–Crippen LogP) is 4.16. The second kappa shape index (κ2) is 8.26. The van der Waals surface area contributed by atoms with E-state index in [4.69, 9.17) is 9.47 Å². The second-order valence-electron chi connectivity index (χ2n) is 6.40. The van der Waals surface area contributed by atoms with Crippen LogP contribution < -0.4 is 20.1 Å². The molecule has 0 fully saturated rings. The molecule has 0 aliphatic heterocycles. The Labute approximate surface area is 166 Å². The molecule has 1 heterocycles. The molecule has 0 bridgehead atoms. The van der Waals surface area contributed by atoms with Crippen molar-refractivity contribution in [3.05, 3.63) is 42.0 Å². The first-order valence-electron chi connectivity index (χ1n) is 8.65. The van der Waals surface area contributed by atoms with E-state index in [9.17, 15) is 9.59 Å². The quantitative estimate of drug-likeness (QED) is 0.650. The third-order valence-corrected chi connectivity index (χ3v) is 4.97. The van der Waals surface area contributed by atoms with Gasteiger partial charge in [0.25, 0.3) is 5.91 Å². The largest absolute Gasteiger partial charge is 0.497 e. The third-order valence-electron chi connectivity index (χ3n) is 4.01. The highest BCUT2D eigenvalue weighted by Gasteiger charge is 2.13. The number of aromatic nitrogens is 1. The van der Waals surface area contributed by atoms with Crippen LogP contribution in [-0.2, 0) is 4.79 Å².